The number of rotatable bonds is 5. The Labute approximate surface area is 115 Å². The van der Waals surface area contributed by atoms with Crippen molar-refractivity contribution in [3.8, 4) is 0 Å². The minimum Gasteiger partial charge on any atom is -0.478 e. The summed E-state index contributed by atoms with van der Waals surface area (Å²) in [4.78, 5) is 10.9. The topological polar surface area (TPSA) is 75.3 Å². The molecule has 1 heterocycles. The Balaban J connectivity index is 2.03. The normalized spacial score (nSPS) is 12.1. The molecule has 4 N–H and O–H groups in total. The Morgan fingerprint density at radius 2 is 2.26 bits per heavy atom. The van der Waals surface area contributed by atoms with Gasteiger partial charge in [0.25, 0.3) is 0 Å². The Bertz CT molecular complexity index is 567. The van der Waals surface area contributed by atoms with Crippen LogP contribution in [0.1, 0.15) is 22.8 Å². The maximum absolute atomic E-state index is 10.9. The van der Waals surface area contributed by atoms with Gasteiger partial charge in [0.05, 0.1) is 5.56 Å². The summed E-state index contributed by atoms with van der Waals surface area (Å²) in [7, 11) is 0. The van der Waals surface area contributed by atoms with E-state index in [-0.39, 0.29) is 17.3 Å². The molecule has 0 bridgehead atoms. The van der Waals surface area contributed by atoms with Crippen molar-refractivity contribution >= 4 is 28.7 Å². The number of anilines is 2. The summed E-state index contributed by atoms with van der Waals surface area (Å²) >= 11 is 1.68. The second kappa shape index (κ2) is 5.75. The number of carboxylic acids is 1. The fourth-order valence-corrected chi connectivity index (χ4v) is 2.63. The van der Waals surface area contributed by atoms with Gasteiger partial charge in [-0.3, -0.25) is 0 Å². The van der Waals surface area contributed by atoms with Gasteiger partial charge in [-0.15, -0.1) is 0 Å². The quantitative estimate of drug-likeness (QED) is 0.734. The maximum atomic E-state index is 10.9. The predicted octanol–water partition coefficient (Wildman–Crippen LogP) is 3.07. The molecule has 0 saturated heterocycles. The minimum atomic E-state index is -1.00. The van der Waals surface area contributed by atoms with Gasteiger partial charge in [0.1, 0.15) is 0 Å². The van der Waals surface area contributed by atoms with Crippen molar-refractivity contribution in [3.63, 3.8) is 0 Å². The number of aromatic carboxylic acids is 1. The van der Waals surface area contributed by atoms with Gasteiger partial charge in [-0.1, -0.05) is 0 Å². The number of nitrogens with two attached hydrogens (primary N) is 1. The molecule has 0 aliphatic carbocycles. The first-order chi connectivity index (χ1) is 9.06. The summed E-state index contributed by atoms with van der Waals surface area (Å²) < 4.78 is 0. The molecular weight excluding hydrogens is 260 g/mol. The average Bonchev–Trinajstić information content (AvgIpc) is 2.81. The largest absolute Gasteiger partial charge is 0.478 e. The van der Waals surface area contributed by atoms with E-state index in [1.807, 2.05) is 0 Å². The molecule has 100 valence electrons. The van der Waals surface area contributed by atoms with E-state index in [4.69, 9.17) is 10.8 Å². The lowest BCUT2D eigenvalue weighted by molar-refractivity contribution is 0.0698. The van der Waals surface area contributed by atoms with Crippen LogP contribution in [0.4, 0.5) is 11.4 Å². The van der Waals surface area contributed by atoms with E-state index in [0.29, 0.717) is 0 Å². The molecule has 0 amide bonds. The minimum absolute atomic E-state index is 0.135. The molecule has 1 aromatic heterocycles. The van der Waals surface area contributed by atoms with E-state index in [0.717, 1.165) is 12.1 Å². The molecule has 1 aromatic carbocycles. The molecule has 0 aliphatic heterocycles. The summed E-state index contributed by atoms with van der Waals surface area (Å²) in [6, 6.07) is 7.28. The van der Waals surface area contributed by atoms with E-state index in [2.05, 4.69) is 29.1 Å². The molecule has 0 saturated carbocycles. The average molecular weight is 276 g/mol. The Kier molecular flexibility index (Phi) is 4.06. The number of carbonyl (C=O) groups is 1. The van der Waals surface area contributed by atoms with Gasteiger partial charge in [-0.2, -0.15) is 11.3 Å². The highest BCUT2D eigenvalue weighted by Crippen LogP contribution is 2.19. The van der Waals surface area contributed by atoms with Crippen molar-refractivity contribution < 1.29 is 9.90 Å². The smallest absolute Gasteiger partial charge is 0.337 e. The summed E-state index contributed by atoms with van der Waals surface area (Å²) in [6.45, 7) is 2.08. The second-order valence-corrected chi connectivity index (χ2v) is 5.27. The van der Waals surface area contributed by atoms with Crippen LogP contribution in [0.15, 0.2) is 35.0 Å². The van der Waals surface area contributed by atoms with Crippen LogP contribution < -0.4 is 11.1 Å². The lowest BCUT2D eigenvalue weighted by Gasteiger charge is -2.15. The summed E-state index contributed by atoms with van der Waals surface area (Å²) in [5.41, 5.74) is 8.26. The number of thiophene rings is 1. The second-order valence-electron chi connectivity index (χ2n) is 4.49. The first kappa shape index (κ1) is 13.4. The summed E-state index contributed by atoms with van der Waals surface area (Å²) in [5.74, 6) is -1.00. The number of benzene rings is 1. The zero-order valence-corrected chi connectivity index (χ0v) is 11.4. The molecule has 0 fully saturated rings. The van der Waals surface area contributed by atoms with Crippen molar-refractivity contribution in [2.24, 2.45) is 0 Å². The number of hydrogen-bond donors (Lipinski definition) is 3. The summed E-state index contributed by atoms with van der Waals surface area (Å²) in [5, 5.41) is 16.4. The van der Waals surface area contributed by atoms with Crippen LogP contribution in [0.5, 0.6) is 0 Å². The first-order valence-electron chi connectivity index (χ1n) is 5.96. The molecule has 4 nitrogen and oxygen atoms in total. The van der Waals surface area contributed by atoms with Crippen LogP contribution in [0.3, 0.4) is 0 Å². The SMILES string of the molecule is CC(Cc1ccsc1)Nc1ccc(C(=O)O)c(N)c1. The van der Waals surface area contributed by atoms with E-state index >= 15 is 0 Å². The van der Waals surface area contributed by atoms with Gasteiger partial charge in [0, 0.05) is 17.4 Å². The van der Waals surface area contributed by atoms with Crippen LogP contribution in [0.25, 0.3) is 0 Å². The highest BCUT2D eigenvalue weighted by Gasteiger charge is 2.09. The Morgan fingerprint density at radius 1 is 1.47 bits per heavy atom. The summed E-state index contributed by atoms with van der Waals surface area (Å²) in [6.07, 6.45) is 0.921. The fraction of sp³-hybridized carbons (Fsp3) is 0.214. The zero-order chi connectivity index (χ0) is 13.8. The van der Waals surface area contributed by atoms with Crippen molar-refractivity contribution in [3.05, 3.63) is 46.2 Å². The number of hydrogen-bond acceptors (Lipinski definition) is 4. The molecule has 2 aromatic rings. The van der Waals surface area contributed by atoms with Gasteiger partial charge >= 0.3 is 5.97 Å². The number of carboxylic acid groups (broad SMARTS) is 1. The van der Waals surface area contributed by atoms with Crippen LogP contribution in [0.2, 0.25) is 0 Å². The fourth-order valence-electron chi connectivity index (χ4n) is 1.95. The van der Waals surface area contributed by atoms with Crippen molar-refractivity contribution in [2.45, 2.75) is 19.4 Å². The van der Waals surface area contributed by atoms with Crippen LogP contribution in [-0.2, 0) is 6.42 Å². The third kappa shape index (κ3) is 3.48. The first-order valence-corrected chi connectivity index (χ1v) is 6.91. The third-order valence-corrected chi connectivity index (χ3v) is 3.55. The van der Waals surface area contributed by atoms with Crippen molar-refractivity contribution in [2.75, 3.05) is 11.1 Å². The van der Waals surface area contributed by atoms with E-state index in [1.54, 1.807) is 23.5 Å². The molecule has 0 spiro atoms. The van der Waals surface area contributed by atoms with Gasteiger partial charge in [0.2, 0.25) is 0 Å². The number of nitrogen functional groups attached to an aromatic ring is 1. The van der Waals surface area contributed by atoms with Crippen LogP contribution in [-0.4, -0.2) is 17.1 Å². The van der Waals surface area contributed by atoms with E-state index < -0.39 is 5.97 Å². The van der Waals surface area contributed by atoms with Crippen molar-refractivity contribution in [1.29, 1.82) is 0 Å². The molecule has 19 heavy (non-hydrogen) atoms. The molecule has 5 heteroatoms. The number of nitrogens with one attached hydrogen (secondary N) is 1. The Hall–Kier alpha value is -2.01. The zero-order valence-electron chi connectivity index (χ0n) is 10.6. The van der Waals surface area contributed by atoms with Gasteiger partial charge in [-0.25, -0.2) is 4.79 Å². The maximum Gasteiger partial charge on any atom is 0.337 e. The van der Waals surface area contributed by atoms with Crippen molar-refractivity contribution in [1.82, 2.24) is 0 Å². The molecular formula is C14H16N2O2S. The van der Waals surface area contributed by atoms with Gasteiger partial charge in [0.15, 0.2) is 0 Å². The van der Waals surface area contributed by atoms with E-state index in [1.165, 1.54) is 11.6 Å². The molecule has 0 aliphatic rings. The lowest BCUT2D eigenvalue weighted by atomic mass is 10.1. The van der Waals surface area contributed by atoms with Gasteiger partial charge < -0.3 is 16.2 Å². The highest BCUT2D eigenvalue weighted by atomic mass is 32.1. The van der Waals surface area contributed by atoms with Gasteiger partial charge in [-0.05, 0) is 53.9 Å². The van der Waals surface area contributed by atoms with Crippen LogP contribution in [0, 0.1) is 0 Å². The lowest BCUT2D eigenvalue weighted by Crippen LogP contribution is -2.18. The standard InChI is InChI=1S/C14H16N2O2S/c1-9(6-10-4-5-19-8-10)16-11-2-3-12(14(17)18)13(15)7-11/h2-5,7-9,16H,6,15H2,1H3,(H,17,18). The van der Waals surface area contributed by atoms with Crippen LogP contribution >= 0.6 is 11.3 Å². The Morgan fingerprint density at radius 3 is 2.84 bits per heavy atom. The van der Waals surface area contributed by atoms with E-state index in [9.17, 15) is 4.79 Å². The molecule has 1 unspecified atom stereocenters. The molecule has 0 radical (unpaired) electrons. The highest BCUT2D eigenvalue weighted by molar-refractivity contribution is 7.07. The predicted molar refractivity (Wildman–Crippen MR) is 78.9 cm³/mol. The molecule has 1 atom stereocenters. The molecule has 2 rings (SSSR count). The third-order valence-electron chi connectivity index (χ3n) is 2.82. The monoisotopic (exact) mass is 276 g/mol.